The molecule has 1 amide bonds. The average Bonchev–Trinajstić information content (AvgIpc) is 3.04. The fourth-order valence-electron chi connectivity index (χ4n) is 3.71. The summed E-state index contributed by atoms with van der Waals surface area (Å²) >= 11 is 6.06. The third-order valence-electron chi connectivity index (χ3n) is 5.10. The summed E-state index contributed by atoms with van der Waals surface area (Å²) in [5.41, 5.74) is 0.527. The van der Waals surface area contributed by atoms with E-state index < -0.39 is 5.54 Å². The van der Waals surface area contributed by atoms with Crippen molar-refractivity contribution in [3.63, 3.8) is 0 Å². The number of nitrogens with one attached hydrogen (secondary N) is 2. The fraction of sp³-hybridized carbons (Fsp3) is 0.556. The maximum absolute atomic E-state index is 12.3. The molecule has 1 aromatic carbocycles. The first-order valence-electron chi connectivity index (χ1n) is 8.67. The van der Waals surface area contributed by atoms with Crippen LogP contribution in [0.3, 0.4) is 0 Å². The molecule has 2 fully saturated rings. The van der Waals surface area contributed by atoms with Gasteiger partial charge in [0.15, 0.2) is 6.54 Å². The highest BCUT2D eigenvalue weighted by molar-refractivity contribution is 6.30. The van der Waals surface area contributed by atoms with E-state index in [1.54, 1.807) is 0 Å². The van der Waals surface area contributed by atoms with Crippen LogP contribution in [0.1, 0.15) is 25.7 Å². The van der Waals surface area contributed by atoms with Gasteiger partial charge >= 0.3 is 0 Å². The molecular weight excluding hydrogens is 324 g/mol. The monoisotopic (exact) mass is 347 g/mol. The number of hydrogen-bond acceptors (Lipinski definition) is 3. The predicted molar refractivity (Wildman–Crippen MR) is 94.2 cm³/mol. The normalized spacial score (nSPS) is 20.6. The topological polar surface area (TPSA) is 60.6 Å². The van der Waals surface area contributed by atoms with Crippen LogP contribution in [0.15, 0.2) is 24.3 Å². The van der Waals surface area contributed by atoms with E-state index in [1.165, 1.54) is 4.90 Å². The molecule has 1 aliphatic heterocycles. The molecule has 0 unspecified atom stereocenters. The summed E-state index contributed by atoms with van der Waals surface area (Å²) in [5.74, 6) is 0.00431. The molecule has 0 spiro atoms. The number of nitrogens with zero attached hydrogens (tertiary/aromatic N) is 2. The Morgan fingerprint density at radius 1 is 1.33 bits per heavy atom. The largest absolute Gasteiger partial charge is 0.360 e. The highest BCUT2D eigenvalue weighted by atomic mass is 35.5. The van der Waals surface area contributed by atoms with Gasteiger partial charge in [0.25, 0.3) is 5.91 Å². The Morgan fingerprint density at radius 3 is 2.67 bits per heavy atom. The van der Waals surface area contributed by atoms with Crippen LogP contribution >= 0.6 is 11.6 Å². The summed E-state index contributed by atoms with van der Waals surface area (Å²) < 4.78 is 0. The molecule has 6 heteroatoms. The zero-order valence-corrected chi connectivity index (χ0v) is 14.6. The van der Waals surface area contributed by atoms with E-state index in [9.17, 15) is 10.1 Å². The third-order valence-corrected chi connectivity index (χ3v) is 5.34. The van der Waals surface area contributed by atoms with E-state index >= 15 is 0 Å². The molecule has 24 heavy (non-hydrogen) atoms. The smallest absolute Gasteiger partial charge is 0.276 e. The van der Waals surface area contributed by atoms with E-state index in [1.807, 2.05) is 18.2 Å². The van der Waals surface area contributed by atoms with Crippen molar-refractivity contribution in [1.29, 1.82) is 5.26 Å². The number of rotatable bonds is 4. The van der Waals surface area contributed by atoms with Gasteiger partial charge in [0.2, 0.25) is 0 Å². The first-order valence-corrected chi connectivity index (χ1v) is 9.04. The minimum Gasteiger partial charge on any atom is -0.360 e. The highest BCUT2D eigenvalue weighted by Gasteiger charge is 2.36. The molecule has 128 valence electrons. The van der Waals surface area contributed by atoms with Crippen molar-refractivity contribution in [2.75, 3.05) is 37.6 Å². The van der Waals surface area contributed by atoms with Crippen molar-refractivity contribution >= 4 is 23.2 Å². The second-order valence-electron chi connectivity index (χ2n) is 6.84. The number of carbonyl (C=O) groups is 1. The lowest BCUT2D eigenvalue weighted by molar-refractivity contribution is -0.892. The summed E-state index contributed by atoms with van der Waals surface area (Å²) in [7, 11) is 0. The van der Waals surface area contributed by atoms with Gasteiger partial charge in [-0.25, -0.2) is 0 Å². The number of quaternary nitrogens is 1. The molecule has 1 heterocycles. The van der Waals surface area contributed by atoms with Gasteiger partial charge in [-0.3, -0.25) is 4.79 Å². The molecule has 1 aromatic rings. The SMILES string of the molecule is N#CC1(NC(=O)C[NH+]2CCN(c3cccc(Cl)c3)CC2)CCCC1. The molecule has 0 bridgehead atoms. The lowest BCUT2D eigenvalue weighted by Gasteiger charge is -2.34. The summed E-state index contributed by atoms with van der Waals surface area (Å²) in [6, 6.07) is 10.2. The van der Waals surface area contributed by atoms with Gasteiger partial charge in [-0.05, 0) is 43.9 Å². The molecule has 0 aromatic heterocycles. The Hall–Kier alpha value is -1.77. The maximum Gasteiger partial charge on any atom is 0.276 e. The third kappa shape index (κ3) is 4.00. The minimum atomic E-state index is -0.612. The van der Waals surface area contributed by atoms with Crippen LogP contribution in [0, 0.1) is 11.3 Å². The Balaban J connectivity index is 1.48. The van der Waals surface area contributed by atoms with Crippen LogP contribution in [-0.4, -0.2) is 44.2 Å². The second-order valence-corrected chi connectivity index (χ2v) is 7.28. The number of nitriles is 1. The second kappa shape index (κ2) is 7.42. The first-order chi connectivity index (χ1) is 11.6. The molecule has 2 N–H and O–H groups in total. The molecular formula is C18H24ClN4O+. The van der Waals surface area contributed by atoms with Gasteiger partial charge in [0.1, 0.15) is 5.54 Å². The molecule has 0 radical (unpaired) electrons. The van der Waals surface area contributed by atoms with E-state index in [0.29, 0.717) is 6.54 Å². The van der Waals surface area contributed by atoms with E-state index in [-0.39, 0.29) is 5.91 Å². The van der Waals surface area contributed by atoms with Crippen molar-refractivity contribution < 1.29 is 9.69 Å². The molecule has 2 aliphatic rings. The fourth-order valence-corrected chi connectivity index (χ4v) is 3.90. The zero-order chi connectivity index (χ0) is 17.0. The lowest BCUT2D eigenvalue weighted by Crippen LogP contribution is -3.16. The summed E-state index contributed by atoms with van der Waals surface area (Å²) in [4.78, 5) is 15.9. The van der Waals surface area contributed by atoms with Gasteiger partial charge < -0.3 is 15.1 Å². The highest BCUT2D eigenvalue weighted by Crippen LogP contribution is 2.28. The van der Waals surface area contributed by atoms with Gasteiger partial charge in [-0.2, -0.15) is 5.26 Å². The van der Waals surface area contributed by atoms with Gasteiger partial charge in [-0.15, -0.1) is 0 Å². The van der Waals surface area contributed by atoms with Crippen molar-refractivity contribution in [3.05, 3.63) is 29.3 Å². The molecule has 1 saturated carbocycles. The van der Waals surface area contributed by atoms with Crippen LogP contribution in [0.2, 0.25) is 5.02 Å². The number of hydrogen-bond donors (Lipinski definition) is 2. The number of benzene rings is 1. The van der Waals surface area contributed by atoms with Crippen molar-refractivity contribution in [2.24, 2.45) is 0 Å². The number of carbonyl (C=O) groups excluding carboxylic acids is 1. The lowest BCUT2D eigenvalue weighted by atomic mass is 10.00. The Kier molecular flexibility index (Phi) is 5.27. The van der Waals surface area contributed by atoms with Crippen LogP contribution < -0.4 is 15.1 Å². The van der Waals surface area contributed by atoms with Crippen LogP contribution in [0.5, 0.6) is 0 Å². The molecule has 5 nitrogen and oxygen atoms in total. The van der Waals surface area contributed by atoms with Crippen LogP contribution in [0.25, 0.3) is 0 Å². The minimum absolute atomic E-state index is 0.00431. The molecule has 1 saturated heterocycles. The Bertz CT molecular complexity index is 628. The van der Waals surface area contributed by atoms with Crippen LogP contribution in [-0.2, 0) is 4.79 Å². The van der Waals surface area contributed by atoms with Gasteiger partial charge in [0.05, 0.1) is 32.2 Å². The number of piperazine rings is 1. The average molecular weight is 348 g/mol. The van der Waals surface area contributed by atoms with E-state index in [2.05, 4.69) is 22.4 Å². The Labute approximate surface area is 148 Å². The number of amides is 1. The zero-order valence-electron chi connectivity index (χ0n) is 13.9. The summed E-state index contributed by atoms with van der Waals surface area (Å²) in [6.45, 7) is 4.10. The predicted octanol–water partition coefficient (Wildman–Crippen LogP) is 0.997. The summed E-state index contributed by atoms with van der Waals surface area (Å²) in [5, 5.41) is 13.1. The summed E-state index contributed by atoms with van der Waals surface area (Å²) in [6.07, 6.45) is 3.62. The molecule has 3 rings (SSSR count). The molecule has 0 atom stereocenters. The van der Waals surface area contributed by atoms with Gasteiger partial charge in [0, 0.05) is 10.7 Å². The first kappa shape index (κ1) is 17.1. The standard InChI is InChI=1S/C18H23ClN4O/c19-15-4-3-5-16(12-15)23-10-8-22(9-11-23)13-17(24)21-18(14-20)6-1-2-7-18/h3-5,12H,1-2,6-11,13H2,(H,21,24)/p+1. The quantitative estimate of drug-likeness (QED) is 0.854. The maximum atomic E-state index is 12.3. The Morgan fingerprint density at radius 2 is 2.04 bits per heavy atom. The van der Waals surface area contributed by atoms with Crippen LogP contribution in [0.4, 0.5) is 5.69 Å². The number of anilines is 1. The van der Waals surface area contributed by atoms with Crippen molar-refractivity contribution in [1.82, 2.24) is 5.32 Å². The van der Waals surface area contributed by atoms with E-state index in [4.69, 9.17) is 11.6 Å². The number of halogens is 1. The van der Waals surface area contributed by atoms with E-state index in [0.717, 1.165) is 62.6 Å². The van der Waals surface area contributed by atoms with Crippen molar-refractivity contribution in [3.8, 4) is 6.07 Å². The van der Waals surface area contributed by atoms with Gasteiger partial charge in [-0.1, -0.05) is 17.7 Å². The van der Waals surface area contributed by atoms with Crippen molar-refractivity contribution in [2.45, 2.75) is 31.2 Å². The molecule has 1 aliphatic carbocycles.